The van der Waals surface area contributed by atoms with Crippen LogP contribution in [-0.4, -0.2) is 12.4 Å². The number of hydrogen-bond donors (Lipinski definition) is 1. The van der Waals surface area contributed by atoms with Crippen molar-refractivity contribution in [1.29, 1.82) is 0 Å². The van der Waals surface area contributed by atoms with Crippen LogP contribution in [0.3, 0.4) is 0 Å². The predicted molar refractivity (Wildman–Crippen MR) is 89.4 cm³/mol. The summed E-state index contributed by atoms with van der Waals surface area (Å²) in [6.07, 6.45) is 0. The smallest absolute Gasteiger partial charge is 0.124 e. The highest BCUT2D eigenvalue weighted by Crippen LogP contribution is 2.29. The zero-order chi connectivity index (χ0) is 14.4. The Hall–Kier alpha value is -0.970. The SMILES string of the molecule is CCOc1ccccc1C(N)CSc1cccc(Br)c1. The molecule has 2 aromatic rings. The van der Waals surface area contributed by atoms with E-state index < -0.39 is 0 Å². The van der Waals surface area contributed by atoms with Crippen LogP contribution in [0.15, 0.2) is 57.9 Å². The summed E-state index contributed by atoms with van der Waals surface area (Å²) in [5.74, 6) is 1.71. The van der Waals surface area contributed by atoms with E-state index in [4.69, 9.17) is 10.5 Å². The largest absolute Gasteiger partial charge is 0.494 e. The van der Waals surface area contributed by atoms with Crippen molar-refractivity contribution in [2.24, 2.45) is 5.73 Å². The van der Waals surface area contributed by atoms with Crippen LogP contribution >= 0.6 is 27.7 Å². The van der Waals surface area contributed by atoms with E-state index in [2.05, 4.69) is 28.1 Å². The lowest BCUT2D eigenvalue weighted by Gasteiger charge is -2.16. The molecule has 0 spiro atoms. The minimum atomic E-state index is -0.0401. The summed E-state index contributed by atoms with van der Waals surface area (Å²) in [5.41, 5.74) is 7.37. The molecule has 2 rings (SSSR count). The summed E-state index contributed by atoms with van der Waals surface area (Å²) in [5, 5.41) is 0. The summed E-state index contributed by atoms with van der Waals surface area (Å²) in [6.45, 7) is 2.64. The number of thioether (sulfide) groups is 1. The van der Waals surface area contributed by atoms with Crippen molar-refractivity contribution in [3.8, 4) is 5.75 Å². The number of nitrogens with two attached hydrogens (primary N) is 1. The Labute approximate surface area is 132 Å². The van der Waals surface area contributed by atoms with Crippen LogP contribution in [0.2, 0.25) is 0 Å². The van der Waals surface area contributed by atoms with E-state index in [0.29, 0.717) is 6.61 Å². The third-order valence-electron chi connectivity index (χ3n) is 2.84. The van der Waals surface area contributed by atoms with Gasteiger partial charge in [0.05, 0.1) is 6.61 Å². The van der Waals surface area contributed by atoms with E-state index in [1.165, 1.54) is 4.90 Å². The molecule has 1 unspecified atom stereocenters. The van der Waals surface area contributed by atoms with Crippen molar-refractivity contribution >= 4 is 27.7 Å². The molecule has 0 aliphatic carbocycles. The van der Waals surface area contributed by atoms with Crippen molar-refractivity contribution < 1.29 is 4.74 Å². The lowest BCUT2D eigenvalue weighted by molar-refractivity contribution is 0.335. The Morgan fingerprint density at radius 3 is 2.75 bits per heavy atom. The van der Waals surface area contributed by atoms with Crippen LogP contribution in [0.4, 0.5) is 0 Å². The molecular weight excluding hydrogens is 334 g/mol. The first-order chi connectivity index (χ1) is 9.70. The quantitative estimate of drug-likeness (QED) is 0.770. The zero-order valence-corrected chi connectivity index (χ0v) is 13.8. The molecule has 0 fully saturated rings. The summed E-state index contributed by atoms with van der Waals surface area (Å²) < 4.78 is 6.72. The van der Waals surface area contributed by atoms with Gasteiger partial charge in [0.1, 0.15) is 5.75 Å². The molecule has 1 atom stereocenters. The Bertz CT molecular complexity index is 562. The van der Waals surface area contributed by atoms with Crippen LogP contribution in [0.1, 0.15) is 18.5 Å². The summed E-state index contributed by atoms with van der Waals surface area (Å²) >= 11 is 5.24. The van der Waals surface area contributed by atoms with E-state index in [-0.39, 0.29) is 6.04 Å². The average molecular weight is 352 g/mol. The highest BCUT2D eigenvalue weighted by Gasteiger charge is 2.12. The number of benzene rings is 2. The maximum atomic E-state index is 6.30. The van der Waals surface area contributed by atoms with E-state index >= 15 is 0 Å². The molecule has 0 saturated heterocycles. The first-order valence-electron chi connectivity index (χ1n) is 6.56. The first kappa shape index (κ1) is 15.4. The highest BCUT2D eigenvalue weighted by atomic mass is 79.9. The van der Waals surface area contributed by atoms with Crippen molar-refractivity contribution in [1.82, 2.24) is 0 Å². The number of ether oxygens (including phenoxy) is 1. The third-order valence-corrected chi connectivity index (χ3v) is 4.45. The number of halogens is 1. The number of hydrogen-bond acceptors (Lipinski definition) is 3. The van der Waals surface area contributed by atoms with Crippen LogP contribution in [0.5, 0.6) is 5.75 Å². The zero-order valence-electron chi connectivity index (χ0n) is 11.4. The maximum absolute atomic E-state index is 6.30. The average Bonchev–Trinajstić information content (AvgIpc) is 2.46. The van der Waals surface area contributed by atoms with Gasteiger partial charge in [0.2, 0.25) is 0 Å². The molecule has 0 aliphatic heterocycles. The third kappa shape index (κ3) is 4.27. The molecule has 4 heteroatoms. The molecule has 0 saturated carbocycles. The fourth-order valence-electron chi connectivity index (χ4n) is 1.91. The Balaban J connectivity index is 2.03. The fraction of sp³-hybridized carbons (Fsp3) is 0.250. The summed E-state index contributed by atoms with van der Waals surface area (Å²) in [4.78, 5) is 1.21. The van der Waals surface area contributed by atoms with E-state index in [1.54, 1.807) is 11.8 Å². The van der Waals surface area contributed by atoms with Gasteiger partial charge in [0.25, 0.3) is 0 Å². The van der Waals surface area contributed by atoms with Gasteiger partial charge in [-0.2, -0.15) is 0 Å². The molecule has 106 valence electrons. The molecule has 0 amide bonds. The normalized spacial score (nSPS) is 12.2. The standard InChI is InChI=1S/C16H18BrNOS/c1-2-19-16-9-4-3-8-14(16)15(18)11-20-13-7-5-6-12(17)10-13/h3-10,15H,2,11,18H2,1H3. The minimum absolute atomic E-state index is 0.0401. The molecular formula is C16H18BrNOS. The van der Waals surface area contributed by atoms with Crippen molar-refractivity contribution in [3.05, 3.63) is 58.6 Å². The molecule has 2 aromatic carbocycles. The monoisotopic (exact) mass is 351 g/mol. The topological polar surface area (TPSA) is 35.2 Å². The van der Waals surface area contributed by atoms with Gasteiger partial charge in [-0.1, -0.05) is 40.2 Å². The molecule has 0 bridgehead atoms. The number of para-hydroxylation sites is 1. The van der Waals surface area contributed by atoms with E-state index in [9.17, 15) is 0 Å². The molecule has 0 aromatic heterocycles. The van der Waals surface area contributed by atoms with Gasteiger partial charge in [-0.3, -0.25) is 0 Å². The first-order valence-corrected chi connectivity index (χ1v) is 8.34. The second-order valence-corrected chi connectivity index (χ2v) is 6.35. The molecule has 20 heavy (non-hydrogen) atoms. The Morgan fingerprint density at radius 1 is 1.20 bits per heavy atom. The molecule has 2 N–H and O–H groups in total. The Kier molecular flexibility index (Phi) is 5.95. The lowest BCUT2D eigenvalue weighted by atomic mass is 10.1. The second-order valence-electron chi connectivity index (χ2n) is 4.35. The van der Waals surface area contributed by atoms with Crippen LogP contribution in [0, 0.1) is 0 Å². The van der Waals surface area contributed by atoms with Gasteiger partial charge in [-0.25, -0.2) is 0 Å². The van der Waals surface area contributed by atoms with Gasteiger partial charge >= 0.3 is 0 Å². The highest BCUT2D eigenvalue weighted by molar-refractivity contribution is 9.10. The van der Waals surface area contributed by atoms with Gasteiger partial charge in [-0.15, -0.1) is 11.8 Å². The van der Waals surface area contributed by atoms with Crippen LogP contribution in [-0.2, 0) is 0 Å². The minimum Gasteiger partial charge on any atom is -0.494 e. The van der Waals surface area contributed by atoms with Crippen LogP contribution < -0.4 is 10.5 Å². The van der Waals surface area contributed by atoms with Gasteiger partial charge in [0.15, 0.2) is 0 Å². The predicted octanol–water partition coefficient (Wildman–Crippen LogP) is 4.64. The molecule has 0 aliphatic rings. The summed E-state index contributed by atoms with van der Waals surface area (Å²) in [7, 11) is 0. The van der Waals surface area contributed by atoms with Gasteiger partial charge in [0, 0.05) is 26.7 Å². The lowest BCUT2D eigenvalue weighted by Crippen LogP contribution is -2.14. The molecule has 0 radical (unpaired) electrons. The van der Waals surface area contributed by atoms with Gasteiger partial charge < -0.3 is 10.5 Å². The molecule has 0 heterocycles. The molecule has 2 nitrogen and oxygen atoms in total. The Morgan fingerprint density at radius 2 is 2.00 bits per heavy atom. The number of rotatable bonds is 6. The van der Waals surface area contributed by atoms with Crippen LogP contribution in [0.25, 0.3) is 0 Å². The van der Waals surface area contributed by atoms with Crippen molar-refractivity contribution in [3.63, 3.8) is 0 Å². The maximum Gasteiger partial charge on any atom is 0.124 e. The van der Waals surface area contributed by atoms with Crippen molar-refractivity contribution in [2.75, 3.05) is 12.4 Å². The van der Waals surface area contributed by atoms with Gasteiger partial charge in [-0.05, 0) is 31.2 Å². The van der Waals surface area contributed by atoms with E-state index in [1.807, 2.05) is 43.3 Å². The second kappa shape index (κ2) is 7.72. The summed E-state index contributed by atoms with van der Waals surface area (Å²) in [6, 6.07) is 16.2. The van der Waals surface area contributed by atoms with Crippen molar-refractivity contribution in [2.45, 2.75) is 17.9 Å². The fourth-order valence-corrected chi connectivity index (χ4v) is 3.39. The van der Waals surface area contributed by atoms with E-state index in [0.717, 1.165) is 21.5 Å².